The third kappa shape index (κ3) is 4.23. The first-order valence-corrected chi connectivity index (χ1v) is 8.22. The molecule has 140 valence electrons. The standard InChI is InChI=1S/C16H16N6O2.CH2O2/c23-14-9-21(8-12(14)5-13-7-17-2-3-18-13)16(24)11-1-4-22-15(6-11)19-10-20-22;2-1-3/h1-4,6-7,10,12,14,23H,5,8-9H2;1H,(H,2,3)/t12-,14-;/m1./s1. The predicted molar refractivity (Wildman–Crippen MR) is 92.8 cm³/mol. The van der Waals surface area contributed by atoms with E-state index in [1.807, 2.05) is 0 Å². The molecule has 1 saturated heterocycles. The summed E-state index contributed by atoms with van der Waals surface area (Å²) in [7, 11) is 0. The molecule has 0 unspecified atom stereocenters. The fraction of sp³-hybridized carbons (Fsp3) is 0.294. The maximum atomic E-state index is 12.7. The number of nitrogens with zero attached hydrogens (tertiary/aromatic N) is 6. The third-order valence-electron chi connectivity index (χ3n) is 4.31. The molecule has 3 aromatic rings. The Morgan fingerprint density at radius 3 is 2.85 bits per heavy atom. The van der Waals surface area contributed by atoms with Gasteiger partial charge in [0.1, 0.15) is 6.33 Å². The van der Waals surface area contributed by atoms with Crippen molar-refractivity contribution in [1.29, 1.82) is 0 Å². The van der Waals surface area contributed by atoms with Gasteiger partial charge in [-0.25, -0.2) is 9.50 Å². The van der Waals surface area contributed by atoms with Gasteiger partial charge in [-0.1, -0.05) is 0 Å². The molecule has 10 nitrogen and oxygen atoms in total. The summed E-state index contributed by atoms with van der Waals surface area (Å²) in [4.78, 5) is 35.1. The number of aromatic nitrogens is 5. The molecule has 1 amide bonds. The molecule has 0 bridgehead atoms. The van der Waals surface area contributed by atoms with E-state index in [0.717, 1.165) is 5.69 Å². The van der Waals surface area contributed by atoms with Gasteiger partial charge in [-0.3, -0.25) is 19.6 Å². The quantitative estimate of drug-likeness (QED) is 0.610. The van der Waals surface area contributed by atoms with Gasteiger partial charge in [-0.2, -0.15) is 5.10 Å². The van der Waals surface area contributed by atoms with E-state index < -0.39 is 6.10 Å². The number of fused-ring (bicyclic) bond motifs is 1. The maximum absolute atomic E-state index is 12.7. The normalized spacial score (nSPS) is 18.8. The molecule has 10 heteroatoms. The number of rotatable bonds is 3. The molecule has 27 heavy (non-hydrogen) atoms. The van der Waals surface area contributed by atoms with Crippen molar-refractivity contribution in [2.24, 2.45) is 5.92 Å². The molecule has 0 spiro atoms. The summed E-state index contributed by atoms with van der Waals surface area (Å²) in [5.74, 6) is -0.149. The number of carboxylic acid groups (broad SMARTS) is 1. The minimum absolute atomic E-state index is 0.0394. The molecular formula is C17H18N6O4. The van der Waals surface area contributed by atoms with Gasteiger partial charge < -0.3 is 15.1 Å². The molecule has 0 aliphatic carbocycles. The molecule has 4 rings (SSSR count). The number of carbonyl (C=O) groups is 2. The lowest BCUT2D eigenvalue weighted by molar-refractivity contribution is -0.122. The van der Waals surface area contributed by atoms with Crippen LogP contribution in [-0.2, 0) is 11.2 Å². The molecule has 1 aliphatic heterocycles. The topological polar surface area (TPSA) is 134 Å². The van der Waals surface area contributed by atoms with E-state index in [-0.39, 0.29) is 18.3 Å². The first-order chi connectivity index (χ1) is 13.1. The lowest BCUT2D eigenvalue weighted by atomic mass is 10.0. The molecule has 0 aromatic carbocycles. The number of likely N-dealkylation sites (tertiary alicyclic amines) is 1. The Morgan fingerprint density at radius 1 is 1.30 bits per heavy atom. The van der Waals surface area contributed by atoms with E-state index in [1.165, 1.54) is 6.33 Å². The Bertz CT molecular complexity index is 916. The van der Waals surface area contributed by atoms with Gasteiger partial charge in [0.2, 0.25) is 0 Å². The van der Waals surface area contributed by atoms with E-state index >= 15 is 0 Å². The summed E-state index contributed by atoms with van der Waals surface area (Å²) in [5, 5.41) is 21.2. The zero-order chi connectivity index (χ0) is 19.2. The maximum Gasteiger partial charge on any atom is 0.290 e. The van der Waals surface area contributed by atoms with E-state index in [1.54, 1.807) is 46.3 Å². The van der Waals surface area contributed by atoms with Crippen LogP contribution in [-0.4, -0.2) is 71.3 Å². The number of aliphatic hydroxyl groups is 1. The van der Waals surface area contributed by atoms with Crippen molar-refractivity contribution in [1.82, 2.24) is 29.5 Å². The Balaban J connectivity index is 0.000000659. The lowest BCUT2D eigenvalue weighted by Gasteiger charge is -2.16. The predicted octanol–water partition coefficient (Wildman–Crippen LogP) is -0.104. The Labute approximate surface area is 154 Å². The van der Waals surface area contributed by atoms with Crippen LogP contribution in [0.25, 0.3) is 5.65 Å². The van der Waals surface area contributed by atoms with Gasteiger partial charge in [0, 0.05) is 49.4 Å². The highest BCUT2D eigenvalue weighted by atomic mass is 16.3. The van der Waals surface area contributed by atoms with Crippen LogP contribution >= 0.6 is 0 Å². The van der Waals surface area contributed by atoms with Gasteiger partial charge >= 0.3 is 0 Å². The van der Waals surface area contributed by atoms with Crippen molar-refractivity contribution in [2.45, 2.75) is 12.5 Å². The highest BCUT2D eigenvalue weighted by Gasteiger charge is 2.34. The van der Waals surface area contributed by atoms with Gasteiger partial charge in [0.15, 0.2) is 5.65 Å². The van der Waals surface area contributed by atoms with Crippen molar-refractivity contribution in [3.63, 3.8) is 0 Å². The average molecular weight is 370 g/mol. The van der Waals surface area contributed by atoms with Gasteiger partial charge in [0.05, 0.1) is 11.8 Å². The average Bonchev–Trinajstić information content (AvgIpc) is 3.29. The molecule has 0 saturated carbocycles. The zero-order valence-electron chi connectivity index (χ0n) is 14.3. The van der Waals surface area contributed by atoms with E-state index in [2.05, 4.69) is 20.1 Å². The molecule has 0 radical (unpaired) electrons. The first kappa shape index (κ1) is 18.4. The second kappa shape index (κ2) is 8.32. The van der Waals surface area contributed by atoms with E-state index in [9.17, 15) is 9.90 Å². The van der Waals surface area contributed by atoms with E-state index in [4.69, 9.17) is 9.90 Å². The monoisotopic (exact) mass is 370 g/mol. The van der Waals surface area contributed by atoms with Crippen molar-refractivity contribution in [3.05, 3.63) is 54.5 Å². The smallest absolute Gasteiger partial charge is 0.290 e. The number of β-amino-alcohol motifs (C(OH)–C–C–N with tert-alkyl or cyclic N) is 1. The summed E-state index contributed by atoms with van der Waals surface area (Å²) in [6, 6.07) is 3.42. The van der Waals surface area contributed by atoms with Crippen molar-refractivity contribution in [2.75, 3.05) is 13.1 Å². The Morgan fingerprint density at radius 2 is 2.11 bits per heavy atom. The second-order valence-electron chi connectivity index (χ2n) is 6.02. The summed E-state index contributed by atoms with van der Waals surface area (Å²) >= 11 is 0. The summed E-state index contributed by atoms with van der Waals surface area (Å²) in [5.41, 5.74) is 1.99. The zero-order valence-corrected chi connectivity index (χ0v) is 14.3. The Hall–Kier alpha value is -3.40. The minimum Gasteiger partial charge on any atom is -0.483 e. The lowest BCUT2D eigenvalue weighted by Crippen LogP contribution is -2.29. The highest BCUT2D eigenvalue weighted by Crippen LogP contribution is 2.22. The number of hydrogen-bond donors (Lipinski definition) is 2. The molecular weight excluding hydrogens is 352 g/mol. The van der Waals surface area contributed by atoms with Gasteiger partial charge in [-0.05, 0) is 18.6 Å². The van der Waals surface area contributed by atoms with Crippen LogP contribution < -0.4 is 0 Å². The largest absolute Gasteiger partial charge is 0.483 e. The second-order valence-corrected chi connectivity index (χ2v) is 6.02. The summed E-state index contributed by atoms with van der Waals surface area (Å²) < 4.78 is 1.60. The van der Waals surface area contributed by atoms with Crippen molar-refractivity contribution >= 4 is 18.0 Å². The molecule has 1 fully saturated rings. The molecule has 1 aliphatic rings. The van der Waals surface area contributed by atoms with Crippen LogP contribution in [0, 0.1) is 5.92 Å². The van der Waals surface area contributed by atoms with Crippen LogP contribution in [0.1, 0.15) is 16.1 Å². The fourth-order valence-corrected chi connectivity index (χ4v) is 3.06. The van der Waals surface area contributed by atoms with Crippen LogP contribution in [0.2, 0.25) is 0 Å². The Kier molecular flexibility index (Phi) is 5.67. The van der Waals surface area contributed by atoms with E-state index in [0.29, 0.717) is 30.7 Å². The van der Waals surface area contributed by atoms with Crippen LogP contribution in [0.4, 0.5) is 0 Å². The highest BCUT2D eigenvalue weighted by molar-refractivity contribution is 5.95. The SMILES string of the molecule is O=C(c1ccn2ncnc2c1)N1C[C@@H](Cc2cnccn2)[C@H](O)C1.O=CO. The van der Waals surface area contributed by atoms with Crippen molar-refractivity contribution < 1.29 is 19.8 Å². The number of carbonyl (C=O) groups excluding carboxylic acids is 1. The van der Waals surface area contributed by atoms with Crippen LogP contribution in [0.3, 0.4) is 0 Å². The fourth-order valence-electron chi connectivity index (χ4n) is 3.06. The van der Waals surface area contributed by atoms with Crippen LogP contribution in [0.15, 0.2) is 43.2 Å². The number of aliphatic hydroxyl groups excluding tert-OH is 1. The number of pyridine rings is 1. The summed E-state index contributed by atoms with van der Waals surface area (Å²) in [6.07, 6.45) is 8.13. The number of amides is 1. The molecule has 3 aromatic heterocycles. The third-order valence-corrected chi connectivity index (χ3v) is 4.31. The molecule has 2 N–H and O–H groups in total. The summed E-state index contributed by atoms with van der Waals surface area (Å²) in [6.45, 7) is 0.566. The van der Waals surface area contributed by atoms with Crippen LogP contribution in [0.5, 0.6) is 0 Å². The first-order valence-electron chi connectivity index (χ1n) is 8.22. The van der Waals surface area contributed by atoms with Crippen molar-refractivity contribution in [3.8, 4) is 0 Å². The molecule has 2 atom stereocenters. The minimum atomic E-state index is -0.562. The van der Waals surface area contributed by atoms with Gasteiger partial charge in [0.25, 0.3) is 12.4 Å². The molecule has 4 heterocycles. The number of hydrogen-bond acceptors (Lipinski definition) is 7. The van der Waals surface area contributed by atoms with Gasteiger partial charge in [-0.15, -0.1) is 0 Å².